The Kier molecular flexibility index (Phi) is 4.75. The zero-order chi connectivity index (χ0) is 21.5. The lowest BCUT2D eigenvalue weighted by Gasteiger charge is -2.27. The van der Waals surface area contributed by atoms with Gasteiger partial charge in [-0.3, -0.25) is 4.79 Å². The molecule has 9 nitrogen and oxygen atoms in total. The van der Waals surface area contributed by atoms with Gasteiger partial charge in [0.1, 0.15) is 6.54 Å². The van der Waals surface area contributed by atoms with Crippen LogP contribution in [0.2, 0.25) is 0 Å². The molecule has 3 aromatic heterocycles. The van der Waals surface area contributed by atoms with Gasteiger partial charge in [-0.15, -0.1) is 0 Å². The van der Waals surface area contributed by atoms with Crippen molar-refractivity contribution >= 4 is 33.8 Å². The average molecular weight is 432 g/mol. The Bertz CT molecular complexity index is 1280. The molecule has 1 N–H and O–H groups in total. The lowest BCUT2D eigenvalue weighted by atomic mass is 10.1. The van der Waals surface area contributed by atoms with Gasteiger partial charge in [0.25, 0.3) is 0 Å². The highest BCUT2D eigenvalue weighted by atomic mass is 16.5. The van der Waals surface area contributed by atoms with E-state index < -0.39 is 0 Å². The van der Waals surface area contributed by atoms with Crippen molar-refractivity contribution in [1.82, 2.24) is 29.6 Å². The largest absolute Gasteiger partial charge is 0.378 e. The van der Waals surface area contributed by atoms with E-state index in [0.717, 1.165) is 66.6 Å². The number of H-pyrrole nitrogens is 1. The normalized spacial score (nSPS) is 17.0. The lowest BCUT2D eigenvalue weighted by Crippen LogP contribution is -2.37. The highest BCUT2D eigenvalue weighted by Crippen LogP contribution is 2.30. The number of fused-ring (bicyclic) bond motifs is 2. The first-order valence-corrected chi connectivity index (χ1v) is 11.2. The maximum absolute atomic E-state index is 12.8. The van der Waals surface area contributed by atoms with E-state index in [4.69, 9.17) is 14.7 Å². The number of carbonyl (C=O) groups is 1. The van der Waals surface area contributed by atoms with Crippen molar-refractivity contribution in [3.8, 4) is 11.3 Å². The fraction of sp³-hybridized carbons (Fsp3) is 0.391. The number of carbonyl (C=O) groups excluding carboxylic acids is 1. The Hall–Kier alpha value is -3.46. The average Bonchev–Trinajstić information content (AvgIpc) is 3.60. The van der Waals surface area contributed by atoms with Crippen LogP contribution in [0.4, 0.5) is 5.95 Å². The van der Waals surface area contributed by atoms with Crippen LogP contribution < -0.4 is 4.90 Å². The number of hydrogen-bond donors (Lipinski definition) is 1. The Balaban J connectivity index is 1.46. The van der Waals surface area contributed by atoms with Crippen molar-refractivity contribution in [2.24, 2.45) is 0 Å². The molecule has 2 saturated heterocycles. The topological polar surface area (TPSA) is 92.2 Å². The number of anilines is 1. The van der Waals surface area contributed by atoms with E-state index in [0.29, 0.717) is 24.8 Å². The summed E-state index contributed by atoms with van der Waals surface area (Å²) in [6, 6.07) is 8.32. The second-order valence-corrected chi connectivity index (χ2v) is 8.38. The summed E-state index contributed by atoms with van der Waals surface area (Å²) in [5.74, 6) is 0.742. The Morgan fingerprint density at radius 1 is 1.06 bits per heavy atom. The summed E-state index contributed by atoms with van der Waals surface area (Å²) in [6.45, 7) is 4.62. The van der Waals surface area contributed by atoms with Crippen molar-refractivity contribution in [1.29, 1.82) is 0 Å². The van der Waals surface area contributed by atoms with Crippen LogP contribution in [0.5, 0.6) is 0 Å². The molecular weight excluding hydrogens is 406 g/mol. The third-order valence-corrected chi connectivity index (χ3v) is 6.35. The van der Waals surface area contributed by atoms with Gasteiger partial charge in [-0.25, -0.2) is 9.67 Å². The van der Waals surface area contributed by atoms with Crippen LogP contribution in [-0.4, -0.2) is 74.9 Å². The first kappa shape index (κ1) is 19.2. The van der Waals surface area contributed by atoms with Crippen molar-refractivity contribution in [3.05, 3.63) is 36.7 Å². The maximum atomic E-state index is 12.8. The van der Waals surface area contributed by atoms with Crippen molar-refractivity contribution in [2.45, 2.75) is 19.4 Å². The number of ether oxygens (including phenoxy) is 1. The van der Waals surface area contributed by atoms with Crippen molar-refractivity contribution in [2.75, 3.05) is 44.3 Å². The molecule has 0 aliphatic carbocycles. The van der Waals surface area contributed by atoms with Gasteiger partial charge in [0, 0.05) is 43.5 Å². The second kappa shape index (κ2) is 7.90. The van der Waals surface area contributed by atoms with Crippen molar-refractivity contribution < 1.29 is 9.53 Å². The Labute approximate surface area is 185 Å². The minimum atomic E-state index is 0.0911. The van der Waals surface area contributed by atoms with Gasteiger partial charge in [-0.2, -0.15) is 10.1 Å². The smallest absolute Gasteiger partial charge is 0.244 e. The molecule has 164 valence electrons. The van der Waals surface area contributed by atoms with Crippen LogP contribution in [-0.2, 0) is 16.1 Å². The van der Waals surface area contributed by atoms with Crippen LogP contribution in [0, 0.1) is 0 Å². The molecule has 1 amide bonds. The highest BCUT2D eigenvalue weighted by molar-refractivity contribution is 5.94. The quantitative estimate of drug-likeness (QED) is 0.534. The van der Waals surface area contributed by atoms with Gasteiger partial charge in [-0.05, 0) is 30.4 Å². The molecule has 0 unspecified atom stereocenters. The van der Waals surface area contributed by atoms with Gasteiger partial charge in [0.15, 0.2) is 5.65 Å². The molecule has 0 atom stereocenters. The molecule has 4 aromatic rings. The molecular formula is C23H25N7O2. The van der Waals surface area contributed by atoms with Crippen LogP contribution >= 0.6 is 0 Å². The Morgan fingerprint density at radius 2 is 1.91 bits per heavy atom. The van der Waals surface area contributed by atoms with Crippen LogP contribution in [0.25, 0.3) is 33.2 Å². The third-order valence-electron chi connectivity index (χ3n) is 6.35. The fourth-order valence-electron chi connectivity index (χ4n) is 4.57. The minimum Gasteiger partial charge on any atom is -0.378 e. The molecule has 0 radical (unpaired) electrons. The summed E-state index contributed by atoms with van der Waals surface area (Å²) < 4.78 is 7.23. The number of morpholine rings is 1. The summed E-state index contributed by atoms with van der Waals surface area (Å²) in [5.41, 5.74) is 3.56. The molecule has 0 saturated carbocycles. The molecule has 9 heteroatoms. The van der Waals surface area contributed by atoms with E-state index in [-0.39, 0.29) is 12.5 Å². The van der Waals surface area contributed by atoms with Gasteiger partial charge in [-0.1, -0.05) is 12.1 Å². The van der Waals surface area contributed by atoms with Crippen LogP contribution in [0.1, 0.15) is 12.8 Å². The molecule has 2 fully saturated rings. The van der Waals surface area contributed by atoms with E-state index in [1.165, 1.54) is 0 Å². The summed E-state index contributed by atoms with van der Waals surface area (Å²) in [5, 5.41) is 6.55. The van der Waals surface area contributed by atoms with E-state index >= 15 is 0 Å². The summed E-state index contributed by atoms with van der Waals surface area (Å²) in [7, 11) is 0. The predicted molar refractivity (Wildman–Crippen MR) is 121 cm³/mol. The number of aromatic amines is 1. The number of nitrogens with zero attached hydrogens (tertiary/aromatic N) is 6. The van der Waals surface area contributed by atoms with Crippen LogP contribution in [0.15, 0.2) is 36.7 Å². The SMILES string of the molecule is O=C(Cn1ncc2c(-c3ccc4cc[nH]c4c3)nc(N3CCOCC3)nc21)N1CCCC1. The van der Waals surface area contributed by atoms with E-state index in [1.54, 1.807) is 10.9 Å². The summed E-state index contributed by atoms with van der Waals surface area (Å²) in [4.78, 5) is 29.9. The molecule has 0 spiro atoms. The summed E-state index contributed by atoms with van der Waals surface area (Å²) in [6.07, 6.45) is 5.86. The molecule has 5 heterocycles. The Morgan fingerprint density at radius 3 is 2.75 bits per heavy atom. The standard InChI is InChI=1S/C23H25N7O2/c31-20(28-7-1-2-8-28)15-30-22-18(14-25-30)21(17-4-3-16-5-6-24-19(16)13-17)26-23(27-22)29-9-11-32-12-10-29/h3-6,13-14,24H,1-2,7-12,15H2. The monoisotopic (exact) mass is 431 g/mol. The highest BCUT2D eigenvalue weighted by Gasteiger charge is 2.23. The molecule has 32 heavy (non-hydrogen) atoms. The second-order valence-electron chi connectivity index (χ2n) is 8.38. The molecule has 2 aliphatic heterocycles. The number of likely N-dealkylation sites (tertiary alicyclic amines) is 1. The van der Waals surface area contributed by atoms with E-state index in [2.05, 4.69) is 39.2 Å². The van der Waals surface area contributed by atoms with Crippen molar-refractivity contribution in [3.63, 3.8) is 0 Å². The predicted octanol–water partition coefficient (Wildman–Crippen LogP) is 2.43. The van der Waals surface area contributed by atoms with Gasteiger partial charge in [0.2, 0.25) is 11.9 Å². The third kappa shape index (κ3) is 3.38. The van der Waals surface area contributed by atoms with Gasteiger partial charge < -0.3 is 19.5 Å². The van der Waals surface area contributed by atoms with E-state index in [9.17, 15) is 4.79 Å². The lowest BCUT2D eigenvalue weighted by molar-refractivity contribution is -0.130. The van der Waals surface area contributed by atoms with Gasteiger partial charge >= 0.3 is 0 Å². The first-order valence-electron chi connectivity index (χ1n) is 11.2. The maximum Gasteiger partial charge on any atom is 0.244 e. The zero-order valence-corrected chi connectivity index (χ0v) is 17.8. The minimum absolute atomic E-state index is 0.0911. The first-order chi connectivity index (χ1) is 15.8. The number of nitrogens with one attached hydrogen (secondary N) is 1. The molecule has 2 aliphatic rings. The number of amides is 1. The van der Waals surface area contributed by atoms with Gasteiger partial charge in [0.05, 0.1) is 30.5 Å². The number of hydrogen-bond acceptors (Lipinski definition) is 6. The van der Waals surface area contributed by atoms with Crippen LogP contribution in [0.3, 0.4) is 0 Å². The molecule has 0 bridgehead atoms. The van der Waals surface area contributed by atoms with E-state index in [1.807, 2.05) is 11.1 Å². The fourth-order valence-corrected chi connectivity index (χ4v) is 4.57. The zero-order valence-electron chi connectivity index (χ0n) is 17.8. The summed E-state index contributed by atoms with van der Waals surface area (Å²) >= 11 is 0. The molecule has 1 aromatic carbocycles. The number of rotatable bonds is 4. The molecule has 6 rings (SSSR count). The number of benzene rings is 1. The number of aromatic nitrogens is 5.